The zero-order valence-electron chi connectivity index (χ0n) is 9.46. The van der Waals surface area contributed by atoms with Gasteiger partial charge in [0, 0.05) is 29.5 Å². The van der Waals surface area contributed by atoms with Gasteiger partial charge in [0.25, 0.3) is 0 Å². The third-order valence-corrected chi connectivity index (χ3v) is 4.03. The monoisotopic (exact) mass is 288 g/mol. The van der Waals surface area contributed by atoms with E-state index < -0.39 is 0 Å². The summed E-state index contributed by atoms with van der Waals surface area (Å²) in [6, 6.07) is 0. The molecule has 0 bridgehead atoms. The zero-order chi connectivity index (χ0) is 11.3. The normalized spacial score (nSPS) is 11.9. The Hall–Kier alpha value is -0.350. The van der Waals surface area contributed by atoms with E-state index in [1.54, 1.807) is 11.3 Å². The highest BCUT2D eigenvalue weighted by Gasteiger charge is 2.06. The van der Waals surface area contributed by atoms with Crippen LogP contribution >= 0.6 is 27.3 Å². The number of aromatic nitrogens is 1. The maximum Gasteiger partial charge on any atom is 0.185 e. The van der Waals surface area contributed by atoms with Crippen molar-refractivity contribution in [2.45, 2.75) is 20.8 Å². The van der Waals surface area contributed by atoms with Crippen molar-refractivity contribution < 1.29 is 0 Å². The number of hydrogen-bond acceptors (Lipinski definition) is 3. The molecular formula is C11H17BrN2S. The third-order valence-electron chi connectivity index (χ3n) is 2.14. The molecule has 0 radical (unpaired) electrons. The largest absolute Gasteiger partial charge is 0.349 e. The van der Waals surface area contributed by atoms with Crippen molar-refractivity contribution in [3.05, 3.63) is 16.6 Å². The van der Waals surface area contributed by atoms with Gasteiger partial charge in [0.05, 0.1) is 0 Å². The number of thiazole rings is 1. The van der Waals surface area contributed by atoms with Crippen LogP contribution in [-0.4, -0.2) is 23.4 Å². The highest BCUT2D eigenvalue weighted by atomic mass is 79.9. The first-order chi connectivity index (χ1) is 7.21. The van der Waals surface area contributed by atoms with Gasteiger partial charge < -0.3 is 4.90 Å². The van der Waals surface area contributed by atoms with Gasteiger partial charge in [-0.3, -0.25) is 0 Å². The lowest BCUT2D eigenvalue weighted by Crippen LogP contribution is -2.21. The van der Waals surface area contributed by atoms with Crippen LogP contribution in [0, 0.1) is 0 Å². The predicted molar refractivity (Wildman–Crippen MR) is 73.1 cm³/mol. The average molecular weight is 289 g/mol. The van der Waals surface area contributed by atoms with Crippen molar-refractivity contribution in [3.8, 4) is 0 Å². The molecule has 0 N–H and O–H groups in total. The van der Waals surface area contributed by atoms with E-state index in [2.05, 4.69) is 52.7 Å². The molecule has 0 fully saturated rings. The van der Waals surface area contributed by atoms with E-state index >= 15 is 0 Å². The minimum atomic E-state index is 0.922. The maximum absolute atomic E-state index is 4.43. The molecule has 0 saturated heterocycles. The van der Waals surface area contributed by atoms with Gasteiger partial charge in [-0.2, -0.15) is 0 Å². The molecule has 0 atom stereocenters. The molecule has 0 saturated carbocycles. The standard InChI is InChI=1S/C11H17BrN2S/c1-4-14(5-2)11-13-8-10(15-11)6-9(3)7-12/h6,8H,4-5,7H2,1-3H3. The van der Waals surface area contributed by atoms with Gasteiger partial charge in [0.2, 0.25) is 0 Å². The molecular weight excluding hydrogens is 272 g/mol. The summed E-state index contributed by atoms with van der Waals surface area (Å²) in [6.45, 7) is 8.47. The summed E-state index contributed by atoms with van der Waals surface area (Å²) in [5.41, 5.74) is 1.32. The third kappa shape index (κ3) is 3.61. The topological polar surface area (TPSA) is 16.1 Å². The van der Waals surface area contributed by atoms with E-state index in [4.69, 9.17) is 0 Å². The van der Waals surface area contributed by atoms with Crippen LogP contribution < -0.4 is 4.90 Å². The highest BCUT2D eigenvalue weighted by molar-refractivity contribution is 9.09. The van der Waals surface area contributed by atoms with Crippen LogP contribution in [0.2, 0.25) is 0 Å². The van der Waals surface area contributed by atoms with Gasteiger partial charge in [0.1, 0.15) is 0 Å². The van der Waals surface area contributed by atoms with Crippen molar-refractivity contribution in [1.82, 2.24) is 4.98 Å². The molecule has 4 heteroatoms. The number of allylic oxidation sites excluding steroid dienone is 1. The van der Waals surface area contributed by atoms with Gasteiger partial charge in [-0.15, -0.1) is 0 Å². The van der Waals surface area contributed by atoms with Gasteiger partial charge in [-0.05, 0) is 26.8 Å². The summed E-state index contributed by atoms with van der Waals surface area (Å²) in [6.07, 6.45) is 4.13. The average Bonchev–Trinajstić information content (AvgIpc) is 2.68. The zero-order valence-corrected chi connectivity index (χ0v) is 11.9. The Labute approximate surface area is 104 Å². The van der Waals surface area contributed by atoms with Crippen LogP contribution in [0.15, 0.2) is 11.8 Å². The quantitative estimate of drug-likeness (QED) is 0.767. The molecule has 0 aliphatic heterocycles. The number of halogens is 1. The molecule has 1 heterocycles. The van der Waals surface area contributed by atoms with E-state index in [0.29, 0.717) is 0 Å². The Morgan fingerprint density at radius 2 is 2.20 bits per heavy atom. The molecule has 1 aromatic rings. The van der Waals surface area contributed by atoms with E-state index in [-0.39, 0.29) is 0 Å². The Morgan fingerprint density at radius 1 is 1.53 bits per heavy atom. The number of anilines is 1. The maximum atomic E-state index is 4.43. The van der Waals surface area contributed by atoms with E-state index in [1.165, 1.54) is 10.5 Å². The lowest BCUT2D eigenvalue weighted by Gasteiger charge is -2.16. The van der Waals surface area contributed by atoms with Crippen molar-refractivity contribution >= 4 is 38.5 Å². The second kappa shape index (κ2) is 6.28. The number of alkyl halides is 1. The van der Waals surface area contributed by atoms with Gasteiger partial charge in [0.15, 0.2) is 5.13 Å². The number of hydrogen-bond donors (Lipinski definition) is 0. The Bertz CT molecular complexity index is 329. The van der Waals surface area contributed by atoms with Crippen LogP contribution in [0.5, 0.6) is 0 Å². The lowest BCUT2D eigenvalue weighted by atomic mass is 10.3. The SMILES string of the molecule is CCN(CC)c1ncc(C=C(C)CBr)s1. The van der Waals surface area contributed by atoms with Gasteiger partial charge in [-0.1, -0.05) is 32.8 Å². The second-order valence-corrected chi connectivity index (χ2v) is 4.94. The summed E-state index contributed by atoms with van der Waals surface area (Å²) in [5, 5.41) is 2.04. The van der Waals surface area contributed by atoms with Crippen molar-refractivity contribution in [2.24, 2.45) is 0 Å². The molecule has 84 valence electrons. The van der Waals surface area contributed by atoms with E-state index in [0.717, 1.165) is 23.6 Å². The fourth-order valence-corrected chi connectivity index (χ4v) is 2.50. The Kier molecular flexibility index (Phi) is 5.32. The first-order valence-corrected chi connectivity index (χ1v) is 7.09. The molecule has 0 aromatic carbocycles. The summed E-state index contributed by atoms with van der Waals surface area (Å²) >= 11 is 5.19. The van der Waals surface area contributed by atoms with Crippen LogP contribution in [0.25, 0.3) is 6.08 Å². The van der Waals surface area contributed by atoms with Crippen LogP contribution in [0.4, 0.5) is 5.13 Å². The molecule has 1 rings (SSSR count). The second-order valence-electron chi connectivity index (χ2n) is 3.34. The van der Waals surface area contributed by atoms with Crippen LogP contribution in [0.3, 0.4) is 0 Å². The summed E-state index contributed by atoms with van der Waals surface area (Å²) in [4.78, 5) is 7.93. The smallest absolute Gasteiger partial charge is 0.185 e. The lowest BCUT2D eigenvalue weighted by molar-refractivity contribution is 0.860. The van der Waals surface area contributed by atoms with E-state index in [9.17, 15) is 0 Å². The number of rotatable bonds is 5. The highest BCUT2D eigenvalue weighted by Crippen LogP contribution is 2.24. The molecule has 0 aliphatic carbocycles. The van der Waals surface area contributed by atoms with Crippen molar-refractivity contribution in [3.63, 3.8) is 0 Å². The molecule has 0 spiro atoms. The first kappa shape index (κ1) is 12.7. The van der Waals surface area contributed by atoms with E-state index in [1.807, 2.05) is 6.20 Å². The summed E-state index contributed by atoms with van der Waals surface area (Å²) in [7, 11) is 0. The minimum Gasteiger partial charge on any atom is -0.349 e. The molecule has 1 aromatic heterocycles. The molecule has 15 heavy (non-hydrogen) atoms. The fourth-order valence-electron chi connectivity index (χ4n) is 1.27. The van der Waals surface area contributed by atoms with Crippen LogP contribution in [-0.2, 0) is 0 Å². The first-order valence-electron chi connectivity index (χ1n) is 5.15. The predicted octanol–water partition coefficient (Wildman–Crippen LogP) is 3.79. The minimum absolute atomic E-state index is 0.922. The molecule has 0 aliphatic rings. The molecule has 0 unspecified atom stereocenters. The summed E-state index contributed by atoms with van der Waals surface area (Å²) in [5.74, 6) is 0. The molecule has 0 amide bonds. The van der Waals surface area contributed by atoms with Gasteiger partial charge >= 0.3 is 0 Å². The Morgan fingerprint density at radius 3 is 2.73 bits per heavy atom. The Balaban J connectivity index is 2.80. The fraction of sp³-hybridized carbons (Fsp3) is 0.545. The molecule has 2 nitrogen and oxygen atoms in total. The van der Waals surface area contributed by atoms with Crippen molar-refractivity contribution in [1.29, 1.82) is 0 Å². The summed E-state index contributed by atoms with van der Waals surface area (Å²) < 4.78 is 0. The number of nitrogens with zero attached hydrogens (tertiary/aromatic N) is 2. The van der Waals surface area contributed by atoms with Gasteiger partial charge in [-0.25, -0.2) is 4.98 Å². The van der Waals surface area contributed by atoms with Crippen LogP contribution in [0.1, 0.15) is 25.6 Å². The van der Waals surface area contributed by atoms with Crippen molar-refractivity contribution in [2.75, 3.05) is 23.3 Å².